The molecule has 0 atom stereocenters. The number of carbonyl (C=O) groups is 1. The summed E-state index contributed by atoms with van der Waals surface area (Å²) in [5, 5.41) is 0. The van der Waals surface area contributed by atoms with Gasteiger partial charge in [0.15, 0.2) is 0 Å². The van der Waals surface area contributed by atoms with Crippen molar-refractivity contribution in [3.05, 3.63) is 56.2 Å². The first-order chi connectivity index (χ1) is 9.16. The van der Waals surface area contributed by atoms with Gasteiger partial charge in [0.05, 0.1) is 9.08 Å². The molecule has 1 aliphatic heterocycles. The maximum absolute atomic E-state index is 12.4. The van der Waals surface area contributed by atoms with E-state index in [1.165, 1.54) is 11.3 Å². The van der Waals surface area contributed by atoms with Crippen molar-refractivity contribution in [3.8, 4) is 0 Å². The van der Waals surface area contributed by atoms with E-state index in [2.05, 4.69) is 36.8 Å². The molecular formula is C14H12Br2N2O. The number of H-pyrrole nitrogens is 1. The molecule has 1 aliphatic rings. The van der Waals surface area contributed by atoms with Gasteiger partial charge < -0.3 is 9.88 Å². The van der Waals surface area contributed by atoms with Gasteiger partial charge >= 0.3 is 0 Å². The van der Waals surface area contributed by atoms with Gasteiger partial charge in [-0.3, -0.25) is 4.79 Å². The van der Waals surface area contributed by atoms with Gasteiger partial charge in [-0.05, 0) is 44.0 Å². The Morgan fingerprint density at radius 2 is 1.95 bits per heavy atom. The van der Waals surface area contributed by atoms with Crippen LogP contribution in [0.3, 0.4) is 0 Å². The molecule has 1 N–H and O–H groups in total. The van der Waals surface area contributed by atoms with Crippen LogP contribution < -0.4 is 0 Å². The van der Waals surface area contributed by atoms with Crippen LogP contribution in [0.5, 0.6) is 0 Å². The van der Waals surface area contributed by atoms with Crippen molar-refractivity contribution in [1.82, 2.24) is 9.88 Å². The zero-order chi connectivity index (χ0) is 13.4. The molecule has 0 aliphatic carbocycles. The second-order valence-corrected chi connectivity index (χ2v) is 6.14. The molecule has 2 aromatic rings. The summed E-state index contributed by atoms with van der Waals surface area (Å²) < 4.78 is 1.97. The number of halogens is 2. The van der Waals surface area contributed by atoms with Gasteiger partial charge in [0.25, 0.3) is 5.91 Å². The topological polar surface area (TPSA) is 36.1 Å². The van der Waals surface area contributed by atoms with E-state index in [4.69, 9.17) is 0 Å². The highest BCUT2D eigenvalue weighted by molar-refractivity contribution is 9.13. The molecule has 1 aromatic heterocycles. The number of amides is 1. The first kappa shape index (κ1) is 12.9. The van der Waals surface area contributed by atoms with Crippen molar-refractivity contribution in [1.29, 1.82) is 0 Å². The van der Waals surface area contributed by atoms with Gasteiger partial charge in [-0.25, -0.2) is 0 Å². The van der Waals surface area contributed by atoms with Crippen molar-refractivity contribution < 1.29 is 4.79 Å². The molecule has 0 saturated heterocycles. The SMILES string of the molecule is O=C(c1ccccc1)N1CCc2[nH]c(Br)c(Br)c2C1. The first-order valence-electron chi connectivity index (χ1n) is 6.06. The molecule has 0 spiro atoms. The van der Waals surface area contributed by atoms with Crippen molar-refractivity contribution in [2.45, 2.75) is 13.0 Å². The van der Waals surface area contributed by atoms with Gasteiger partial charge in [-0.15, -0.1) is 0 Å². The normalized spacial score (nSPS) is 14.3. The Morgan fingerprint density at radius 1 is 1.21 bits per heavy atom. The van der Waals surface area contributed by atoms with Gasteiger partial charge in [0.1, 0.15) is 0 Å². The van der Waals surface area contributed by atoms with Crippen LogP contribution in [0.15, 0.2) is 39.4 Å². The second-order valence-electron chi connectivity index (χ2n) is 4.55. The number of nitrogens with one attached hydrogen (secondary N) is 1. The summed E-state index contributed by atoms with van der Waals surface area (Å²) in [5.41, 5.74) is 3.12. The monoisotopic (exact) mass is 382 g/mol. The highest BCUT2D eigenvalue weighted by atomic mass is 79.9. The van der Waals surface area contributed by atoms with Crippen LogP contribution >= 0.6 is 31.9 Å². The molecule has 0 unspecified atom stereocenters. The van der Waals surface area contributed by atoms with Crippen molar-refractivity contribution in [3.63, 3.8) is 0 Å². The second kappa shape index (κ2) is 5.13. The highest BCUT2D eigenvalue weighted by Gasteiger charge is 2.25. The lowest BCUT2D eigenvalue weighted by molar-refractivity contribution is 0.0734. The third-order valence-corrected chi connectivity index (χ3v) is 5.37. The van der Waals surface area contributed by atoms with Crippen LogP contribution in [0.4, 0.5) is 0 Å². The van der Waals surface area contributed by atoms with Gasteiger partial charge in [0, 0.05) is 36.3 Å². The van der Waals surface area contributed by atoms with E-state index in [-0.39, 0.29) is 5.91 Å². The average molecular weight is 384 g/mol. The van der Waals surface area contributed by atoms with Crippen LogP contribution in [0, 0.1) is 0 Å². The standard InChI is InChI=1S/C14H12Br2N2O/c15-12-10-8-18(7-6-11(10)17-13(12)16)14(19)9-4-2-1-3-5-9/h1-5,17H,6-8H2. The summed E-state index contributed by atoms with van der Waals surface area (Å²) in [6.45, 7) is 1.39. The predicted molar refractivity (Wildman–Crippen MR) is 81.1 cm³/mol. The first-order valence-corrected chi connectivity index (χ1v) is 7.64. The number of nitrogens with zero attached hydrogens (tertiary/aromatic N) is 1. The number of hydrogen-bond donors (Lipinski definition) is 1. The third kappa shape index (κ3) is 2.37. The fraction of sp³-hybridized carbons (Fsp3) is 0.214. The zero-order valence-corrected chi connectivity index (χ0v) is 13.3. The van der Waals surface area contributed by atoms with E-state index in [9.17, 15) is 4.79 Å². The van der Waals surface area contributed by atoms with Gasteiger partial charge in [-0.2, -0.15) is 0 Å². The lowest BCUT2D eigenvalue weighted by atomic mass is 10.1. The Hall–Kier alpha value is -1.07. The third-order valence-electron chi connectivity index (χ3n) is 3.37. The van der Waals surface area contributed by atoms with E-state index in [1.807, 2.05) is 35.2 Å². The quantitative estimate of drug-likeness (QED) is 0.799. The van der Waals surface area contributed by atoms with E-state index in [0.29, 0.717) is 6.54 Å². The van der Waals surface area contributed by atoms with Gasteiger partial charge in [0.2, 0.25) is 0 Å². The Labute approximate surface area is 128 Å². The number of hydrogen-bond acceptors (Lipinski definition) is 1. The smallest absolute Gasteiger partial charge is 0.254 e. The molecule has 0 saturated carbocycles. The molecule has 0 fully saturated rings. The van der Waals surface area contributed by atoms with E-state index in [0.717, 1.165) is 27.6 Å². The van der Waals surface area contributed by atoms with Crippen molar-refractivity contribution in [2.75, 3.05) is 6.54 Å². The molecule has 98 valence electrons. The minimum atomic E-state index is 0.0930. The van der Waals surface area contributed by atoms with E-state index >= 15 is 0 Å². The number of rotatable bonds is 1. The summed E-state index contributed by atoms with van der Waals surface area (Å²) >= 11 is 7.02. The summed E-state index contributed by atoms with van der Waals surface area (Å²) in [6, 6.07) is 9.43. The lowest BCUT2D eigenvalue weighted by Crippen LogP contribution is -2.35. The summed E-state index contributed by atoms with van der Waals surface area (Å²) in [5.74, 6) is 0.0930. The molecule has 1 aromatic carbocycles. The fourth-order valence-electron chi connectivity index (χ4n) is 2.36. The highest BCUT2D eigenvalue weighted by Crippen LogP contribution is 2.33. The minimum absolute atomic E-state index is 0.0930. The Balaban J connectivity index is 1.86. The van der Waals surface area contributed by atoms with Gasteiger partial charge in [-0.1, -0.05) is 18.2 Å². The zero-order valence-electron chi connectivity index (χ0n) is 10.1. The molecule has 0 bridgehead atoms. The van der Waals surface area contributed by atoms with Crippen LogP contribution in [0.25, 0.3) is 0 Å². The van der Waals surface area contributed by atoms with Crippen LogP contribution in [-0.4, -0.2) is 22.3 Å². The molecule has 3 rings (SSSR count). The molecule has 5 heteroatoms. The summed E-state index contributed by atoms with van der Waals surface area (Å²) in [7, 11) is 0. The Morgan fingerprint density at radius 3 is 2.68 bits per heavy atom. The van der Waals surface area contributed by atoms with Crippen molar-refractivity contribution in [2.24, 2.45) is 0 Å². The number of carbonyl (C=O) groups excluding carboxylic acids is 1. The number of fused-ring (bicyclic) bond motifs is 1. The molecule has 0 radical (unpaired) electrons. The van der Waals surface area contributed by atoms with Crippen molar-refractivity contribution >= 4 is 37.8 Å². The molecule has 2 heterocycles. The molecule has 3 nitrogen and oxygen atoms in total. The summed E-state index contributed by atoms with van der Waals surface area (Å²) in [4.78, 5) is 17.6. The van der Waals surface area contributed by atoms with E-state index in [1.54, 1.807) is 0 Å². The Kier molecular flexibility index (Phi) is 3.50. The van der Waals surface area contributed by atoms with Crippen LogP contribution in [-0.2, 0) is 13.0 Å². The summed E-state index contributed by atoms with van der Waals surface area (Å²) in [6.07, 6.45) is 0.859. The van der Waals surface area contributed by atoms with Crippen LogP contribution in [0.1, 0.15) is 21.6 Å². The average Bonchev–Trinajstić information content (AvgIpc) is 2.74. The Bertz CT molecular complexity index is 622. The predicted octanol–water partition coefficient (Wildman–Crippen LogP) is 3.74. The maximum atomic E-state index is 12.4. The molecule has 19 heavy (non-hydrogen) atoms. The number of benzene rings is 1. The minimum Gasteiger partial charge on any atom is -0.352 e. The largest absolute Gasteiger partial charge is 0.352 e. The van der Waals surface area contributed by atoms with Crippen LogP contribution in [0.2, 0.25) is 0 Å². The lowest BCUT2D eigenvalue weighted by Gasteiger charge is -2.27. The van der Waals surface area contributed by atoms with E-state index < -0.39 is 0 Å². The molecular weight excluding hydrogens is 372 g/mol. The fourth-order valence-corrected chi connectivity index (χ4v) is 3.30. The number of aromatic nitrogens is 1. The maximum Gasteiger partial charge on any atom is 0.254 e. The number of aromatic amines is 1. The molecule has 1 amide bonds.